The van der Waals surface area contributed by atoms with Gasteiger partial charge >= 0.3 is 0 Å². The van der Waals surface area contributed by atoms with Crippen molar-refractivity contribution in [3.05, 3.63) is 34.9 Å². The second kappa shape index (κ2) is 8.02. The van der Waals surface area contributed by atoms with Gasteiger partial charge in [0.15, 0.2) is 0 Å². The molecule has 142 valence electrons. The maximum atomic E-state index is 5.32. The molecule has 1 saturated heterocycles. The molecule has 0 aromatic carbocycles. The number of piperidine rings is 1. The van der Waals surface area contributed by atoms with Crippen molar-refractivity contribution in [1.82, 2.24) is 9.80 Å². The second-order valence-electron chi connectivity index (χ2n) is 8.38. The van der Waals surface area contributed by atoms with E-state index in [-0.39, 0.29) is 0 Å². The third kappa shape index (κ3) is 3.37. The summed E-state index contributed by atoms with van der Waals surface area (Å²) in [5, 5.41) is 0. The highest BCUT2D eigenvalue weighted by Crippen LogP contribution is 2.39. The lowest BCUT2D eigenvalue weighted by Gasteiger charge is -2.45. The lowest BCUT2D eigenvalue weighted by Crippen LogP contribution is -2.45. The molecule has 26 heavy (non-hydrogen) atoms. The number of likely N-dealkylation sites (tertiary alicyclic amines) is 1. The van der Waals surface area contributed by atoms with Crippen molar-refractivity contribution >= 4 is 5.71 Å². The van der Waals surface area contributed by atoms with Crippen LogP contribution in [0.5, 0.6) is 0 Å². The SMILES string of the molecule is CCC1=C2N=C3CCCCCCC3=C(N3CCCCC3)N2C(C)CC=C1. The molecule has 1 aliphatic carbocycles. The van der Waals surface area contributed by atoms with Crippen LogP contribution in [0.3, 0.4) is 0 Å². The number of hydrogen-bond donors (Lipinski definition) is 0. The Kier molecular flexibility index (Phi) is 5.52. The normalized spacial score (nSPS) is 27.5. The third-order valence-electron chi connectivity index (χ3n) is 6.47. The Bertz CT molecular complexity index is 646. The van der Waals surface area contributed by atoms with E-state index in [0.29, 0.717) is 6.04 Å². The monoisotopic (exact) mass is 353 g/mol. The fraction of sp³-hybridized carbons (Fsp3) is 0.696. The van der Waals surface area contributed by atoms with Gasteiger partial charge in [-0.3, -0.25) is 0 Å². The first-order valence-corrected chi connectivity index (χ1v) is 11.0. The highest BCUT2D eigenvalue weighted by molar-refractivity contribution is 6.02. The van der Waals surface area contributed by atoms with Crippen LogP contribution in [-0.2, 0) is 0 Å². The van der Waals surface area contributed by atoms with Gasteiger partial charge in [-0.1, -0.05) is 31.9 Å². The van der Waals surface area contributed by atoms with Gasteiger partial charge in [-0.05, 0) is 70.3 Å². The Morgan fingerprint density at radius 1 is 1.00 bits per heavy atom. The van der Waals surface area contributed by atoms with E-state index >= 15 is 0 Å². The van der Waals surface area contributed by atoms with Crippen LogP contribution in [-0.4, -0.2) is 34.6 Å². The van der Waals surface area contributed by atoms with Crippen molar-refractivity contribution in [1.29, 1.82) is 0 Å². The lowest BCUT2D eigenvalue weighted by atomic mass is 9.91. The molecule has 0 amide bonds. The number of rotatable bonds is 2. The molecule has 3 aliphatic heterocycles. The minimum Gasteiger partial charge on any atom is -0.358 e. The predicted molar refractivity (Wildman–Crippen MR) is 110 cm³/mol. The zero-order chi connectivity index (χ0) is 17.9. The second-order valence-corrected chi connectivity index (χ2v) is 8.38. The zero-order valence-electron chi connectivity index (χ0n) is 16.8. The molecule has 4 aliphatic rings. The summed E-state index contributed by atoms with van der Waals surface area (Å²) in [5.41, 5.74) is 4.40. The molecule has 2 fully saturated rings. The molecule has 3 heterocycles. The maximum absolute atomic E-state index is 5.32. The van der Waals surface area contributed by atoms with Gasteiger partial charge in [-0.15, -0.1) is 0 Å². The molecule has 0 aromatic heterocycles. The lowest BCUT2D eigenvalue weighted by molar-refractivity contribution is 0.177. The van der Waals surface area contributed by atoms with Crippen LogP contribution in [0.25, 0.3) is 0 Å². The van der Waals surface area contributed by atoms with E-state index in [9.17, 15) is 0 Å². The van der Waals surface area contributed by atoms with Gasteiger partial charge in [0, 0.05) is 30.4 Å². The summed E-state index contributed by atoms with van der Waals surface area (Å²) in [6, 6.07) is 0.491. The average molecular weight is 354 g/mol. The molecule has 0 aromatic rings. The van der Waals surface area contributed by atoms with E-state index < -0.39 is 0 Å². The Labute approximate surface area is 159 Å². The zero-order valence-corrected chi connectivity index (χ0v) is 16.8. The summed E-state index contributed by atoms with van der Waals surface area (Å²) in [7, 11) is 0. The van der Waals surface area contributed by atoms with Gasteiger partial charge in [0.25, 0.3) is 0 Å². The number of allylic oxidation sites excluding steroid dienone is 3. The van der Waals surface area contributed by atoms with Crippen LogP contribution in [0.2, 0.25) is 0 Å². The van der Waals surface area contributed by atoms with Gasteiger partial charge in [0.2, 0.25) is 0 Å². The van der Waals surface area contributed by atoms with Crippen molar-refractivity contribution in [2.24, 2.45) is 4.99 Å². The van der Waals surface area contributed by atoms with Gasteiger partial charge in [-0.2, -0.15) is 0 Å². The van der Waals surface area contributed by atoms with Crippen LogP contribution in [0.15, 0.2) is 39.9 Å². The minimum atomic E-state index is 0.491. The van der Waals surface area contributed by atoms with Crippen molar-refractivity contribution in [3.8, 4) is 0 Å². The molecule has 1 saturated carbocycles. The molecule has 0 N–H and O–H groups in total. The van der Waals surface area contributed by atoms with Crippen molar-refractivity contribution in [2.45, 2.75) is 90.5 Å². The van der Waals surface area contributed by atoms with Crippen LogP contribution >= 0.6 is 0 Å². The quantitative estimate of drug-likeness (QED) is 0.628. The van der Waals surface area contributed by atoms with E-state index in [4.69, 9.17) is 4.99 Å². The van der Waals surface area contributed by atoms with Crippen LogP contribution in [0, 0.1) is 0 Å². The Morgan fingerprint density at radius 2 is 1.73 bits per heavy atom. The fourth-order valence-electron chi connectivity index (χ4n) is 4.99. The Morgan fingerprint density at radius 3 is 2.50 bits per heavy atom. The van der Waals surface area contributed by atoms with E-state index in [1.165, 1.54) is 93.8 Å². The third-order valence-corrected chi connectivity index (χ3v) is 6.47. The standard InChI is InChI=1S/C23H35N3/c1-3-19-13-11-12-18(2)26-22(19)24-21-15-8-5-4-7-14-20(21)23(26)25-16-9-6-10-17-25/h11,13,18H,3-10,12,14-17H2,1-2H3. The molecule has 3 heteroatoms. The number of fused-ring (bicyclic) bond motifs is 2. The molecule has 1 atom stereocenters. The first-order chi connectivity index (χ1) is 12.8. The van der Waals surface area contributed by atoms with Crippen LogP contribution in [0.4, 0.5) is 0 Å². The van der Waals surface area contributed by atoms with E-state index in [1.54, 1.807) is 5.57 Å². The van der Waals surface area contributed by atoms with E-state index in [1.807, 2.05) is 0 Å². The van der Waals surface area contributed by atoms with Crippen molar-refractivity contribution in [3.63, 3.8) is 0 Å². The van der Waals surface area contributed by atoms with Crippen molar-refractivity contribution in [2.75, 3.05) is 13.1 Å². The summed E-state index contributed by atoms with van der Waals surface area (Å²) in [6.07, 6.45) is 18.7. The Hall–Kier alpha value is -1.51. The first-order valence-electron chi connectivity index (χ1n) is 11.0. The molecule has 4 rings (SSSR count). The van der Waals surface area contributed by atoms with Crippen LogP contribution < -0.4 is 0 Å². The van der Waals surface area contributed by atoms with Gasteiger partial charge in [-0.25, -0.2) is 4.99 Å². The largest absolute Gasteiger partial charge is 0.358 e. The topological polar surface area (TPSA) is 18.8 Å². The molecule has 3 nitrogen and oxygen atoms in total. The predicted octanol–water partition coefficient (Wildman–Crippen LogP) is 5.76. The van der Waals surface area contributed by atoms with Crippen LogP contribution in [0.1, 0.15) is 84.5 Å². The number of nitrogens with zero attached hydrogens (tertiary/aromatic N) is 3. The molecule has 0 radical (unpaired) electrons. The summed E-state index contributed by atoms with van der Waals surface area (Å²) < 4.78 is 0. The fourth-order valence-corrected chi connectivity index (χ4v) is 4.99. The molecular weight excluding hydrogens is 318 g/mol. The van der Waals surface area contributed by atoms with Gasteiger partial charge in [0.05, 0.1) is 0 Å². The summed E-state index contributed by atoms with van der Waals surface area (Å²) in [5.74, 6) is 2.79. The molecule has 1 unspecified atom stereocenters. The maximum Gasteiger partial charge on any atom is 0.137 e. The highest BCUT2D eigenvalue weighted by Gasteiger charge is 2.35. The van der Waals surface area contributed by atoms with Gasteiger partial charge in [0.1, 0.15) is 11.6 Å². The summed E-state index contributed by atoms with van der Waals surface area (Å²) in [6.45, 7) is 7.10. The molecule has 0 spiro atoms. The smallest absolute Gasteiger partial charge is 0.137 e. The Balaban J connectivity index is 1.85. The molecule has 0 bridgehead atoms. The van der Waals surface area contributed by atoms with E-state index in [2.05, 4.69) is 35.8 Å². The number of aliphatic imine (C=N–C) groups is 1. The first kappa shape index (κ1) is 17.9. The minimum absolute atomic E-state index is 0.491. The summed E-state index contributed by atoms with van der Waals surface area (Å²) >= 11 is 0. The highest BCUT2D eigenvalue weighted by atomic mass is 15.4. The number of hydrogen-bond acceptors (Lipinski definition) is 3. The average Bonchev–Trinajstić information content (AvgIpc) is 2.80. The van der Waals surface area contributed by atoms with Crippen molar-refractivity contribution < 1.29 is 0 Å². The van der Waals surface area contributed by atoms with E-state index in [0.717, 1.165) is 12.8 Å². The summed E-state index contributed by atoms with van der Waals surface area (Å²) in [4.78, 5) is 10.7. The van der Waals surface area contributed by atoms with Gasteiger partial charge < -0.3 is 9.80 Å². The molecular formula is C23H35N3.